The van der Waals surface area contributed by atoms with Gasteiger partial charge in [0.25, 0.3) is 0 Å². The molecule has 1 aromatic rings. The number of nitrogens with zero attached hydrogens (tertiary/aromatic N) is 1. The van der Waals surface area contributed by atoms with Gasteiger partial charge in [0.15, 0.2) is 0 Å². The third-order valence-electron chi connectivity index (χ3n) is 3.24. The molecule has 20 heavy (non-hydrogen) atoms. The van der Waals surface area contributed by atoms with Gasteiger partial charge in [0.2, 0.25) is 10.0 Å². The first kappa shape index (κ1) is 15.3. The van der Waals surface area contributed by atoms with E-state index in [0.717, 1.165) is 24.3 Å². The lowest BCUT2D eigenvalue weighted by Crippen LogP contribution is -2.39. The van der Waals surface area contributed by atoms with Gasteiger partial charge in [0.1, 0.15) is 0 Å². The Morgan fingerprint density at radius 1 is 1.10 bits per heavy atom. The summed E-state index contributed by atoms with van der Waals surface area (Å²) in [5, 5.41) is 9.34. The number of alkyl halides is 3. The predicted molar refractivity (Wildman–Crippen MR) is 65.4 cm³/mol. The molecule has 0 radical (unpaired) electrons. The standard InChI is InChI=1S/C12H14F3NO3S/c13-12(14,15)9-1-3-11(4-2-9)20(18,19)16-7-5-10(17)6-8-16/h1-4,10,17H,5-8H2. The summed E-state index contributed by atoms with van der Waals surface area (Å²) in [7, 11) is -3.79. The van der Waals surface area contributed by atoms with Crippen LogP contribution in [-0.4, -0.2) is 37.0 Å². The molecule has 1 aliphatic rings. The summed E-state index contributed by atoms with van der Waals surface area (Å²) in [6.45, 7) is 0.342. The van der Waals surface area contributed by atoms with Crippen molar-refractivity contribution in [2.75, 3.05) is 13.1 Å². The van der Waals surface area contributed by atoms with Gasteiger partial charge in [0, 0.05) is 13.1 Å². The molecular formula is C12H14F3NO3S. The molecule has 0 saturated carbocycles. The summed E-state index contributed by atoms with van der Waals surface area (Å²) in [5.41, 5.74) is -0.884. The van der Waals surface area contributed by atoms with Crippen molar-refractivity contribution in [2.45, 2.75) is 30.0 Å². The van der Waals surface area contributed by atoms with Crippen LogP contribution in [0.4, 0.5) is 13.2 Å². The molecule has 1 fully saturated rings. The highest BCUT2D eigenvalue weighted by Gasteiger charge is 2.32. The van der Waals surface area contributed by atoms with Crippen LogP contribution in [0.5, 0.6) is 0 Å². The van der Waals surface area contributed by atoms with E-state index in [2.05, 4.69) is 0 Å². The molecule has 4 nitrogen and oxygen atoms in total. The van der Waals surface area contributed by atoms with Crippen molar-refractivity contribution in [1.29, 1.82) is 0 Å². The SMILES string of the molecule is O=S(=O)(c1ccc(C(F)(F)F)cc1)N1CCC(O)CC1. The van der Waals surface area contributed by atoms with Crippen molar-refractivity contribution in [2.24, 2.45) is 0 Å². The van der Waals surface area contributed by atoms with E-state index in [1.165, 1.54) is 4.31 Å². The van der Waals surface area contributed by atoms with E-state index < -0.39 is 27.9 Å². The van der Waals surface area contributed by atoms with Crippen LogP contribution < -0.4 is 0 Å². The Kier molecular flexibility index (Phi) is 4.08. The second kappa shape index (κ2) is 5.34. The second-order valence-electron chi connectivity index (χ2n) is 4.66. The molecule has 1 aromatic carbocycles. The lowest BCUT2D eigenvalue weighted by atomic mass is 10.1. The van der Waals surface area contributed by atoms with Crippen LogP contribution >= 0.6 is 0 Å². The summed E-state index contributed by atoms with van der Waals surface area (Å²) in [6, 6.07) is 3.43. The van der Waals surface area contributed by atoms with Crippen LogP contribution in [0.3, 0.4) is 0 Å². The third kappa shape index (κ3) is 3.13. The number of hydrogen-bond donors (Lipinski definition) is 1. The van der Waals surface area contributed by atoms with Crippen molar-refractivity contribution in [3.8, 4) is 0 Å². The molecular weight excluding hydrogens is 295 g/mol. The lowest BCUT2D eigenvalue weighted by molar-refractivity contribution is -0.137. The number of sulfonamides is 1. The Morgan fingerprint density at radius 2 is 1.60 bits per heavy atom. The van der Waals surface area contributed by atoms with E-state index in [9.17, 15) is 26.7 Å². The molecule has 0 aromatic heterocycles. The highest BCUT2D eigenvalue weighted by atomic mass is 32.2. The van der Waals surface area contributed by atoms with Crippen LogP contribution in [0, 0.1) is 0 Å². The zero-order valence-electron chi connectivity index (χ0n) is 10.5. The number of benzene rings is 1. The largest absolute Gasteiger partial charge is 0.416 e. The van der Waals surface area contributed by atoms with Crippen LogP contribution in [-0.2, 0) is 16.2 Å². The predicted octanol–water partition coefficient (Wildman–Crippen LogP) is 1.85. The molecule has 0 bridgehead atoms. The molecule has 1 N–H and O–H groups in total. The van der Waals surface area contributed by atoms with Crippen molar-refractivity contribution in [3.05, 3.63) is 29.8 Å². The van der Waals surface area contributed by atoms with Crippen molar-refractivity contribution in [3.63, 3.8) is 0 Å². The van der Waals surface area contributed by atoms with E-state index in [0.29, 0.717) is 12.8 Å². The van der Waals surface area contributed by atoms with E-state index >= 15 is 0 Å². The highest BCUT2D eigenvalue weighted by Crippen LogP contribution is 2.30. The molecule has 0 aliphatic carbocycles. The van der Waals surface area contributed by atoms with Crippen LogP contribution in [0.15, 0.2) is 29.2 Å². The summed E-state index contributed by atoms with van der Waals surface area (Å²) in [4.78, 5) is -0.165. The van der Waals surface area contributed by atoms with Crippen LogP contribution in [0.2, 0.25) is 0 Å². The molecule has 0 atom stereocenters. The molecule has 0 amide bonds. The van der Waals surface area contributed by atoms with Gasteiger partial charge in [0.05, 0.1) is 16.6 Å². The molecule has 1 saturated heterocycles. The smallest absolute Gasteiger partial charge is 0.393 e. The topological polar surface area (TPSA) is 57.6 Å². The minimum Gasteiger partial charge on any atom is -0.393 e. The Hall–Kier alpha value is -1.12. The normalized spacial score (nSPS) is 19.2. The monoisotopic (exact) mass is 309 g/mol. The third-order valence-corrected chi connectivity index (χ3v) is 5.16. The van der Waals surface area contributed by atoms with E-state index in [4.69, 9.17) is 0 Å². The lowest BCUT2D eigenvalue weighted by Gasteiger charge is -2.28. The first-order chi connectivity index (χ1) is 9.21. The van der Waals surface area contributed by atoms with Crippen molar-refractivity contribution in [1.82, 2.24) is 4.31 Å². The summed E-state index contributed by atoms with van der Waals surface area (Å²) in [5.74, 6) is 0. The van der Waals surface area contributed by atoms with E-state index in [-0.39, 0.29) is 18.0 Å². The van der Waals surface area contributed by atoms with Crippen LogP contribution in [0.25, 0.3) is 0 Å². The summed E-state index contributed by atoms with van der Waals surface area (Å²) in [6.07, 6.45) is -4.34. The van der Waals surface area contributed by atoms with Gasteiger partial charge in [-0.3, -0.25) is 0 Å². The first-order valence-corrected chi connectivity index (χ1v) is 7.51. The minimum absolute atomic E-state index is 0.165. The zero-order chi connectivity index (χ0) is 15.0. The quantitative estimate of drug-likeness (QED) is 0.907. The van der Waals surface area contributed by atoms with Gasteiger partial charge in [-0.2, -0.15) is 17.5 Å². The zero-order valence-corrected chi connectivity index (χ0v) is 11.3. The second-order valence-corrected chi connectivity index (χ2v) is 6.60. The van der Waals surface area contributed by atoms with Gasteiger partial charge in [-0.1, -0.05) is 0 Å². The maximum absolute atomic E-state index is 12.4. The number of halogens is 3. The van der Waals surface area contributed by atoms with Gasteiger partial charge >= 0.3 is 6.18 Å². The Balaban J connectivity index is 2.22. The van der Waals surface area contributed by atoms with Gasteiger partial charge in [-0.25, -0.2) is 8.42 Å². The van der Waals surface area contributed by atoms with E-state index in [1.807, 2.05) is 0 Å². The number of aliphatic hydroxyl groups excluding tert-OH is 1. The maximum Gasteiger partial charge on any atom is 0.416 e. The summed E-state index contributed by atoms with van der Waals surface area (Å²) >= 11 is 0. The Bertz CT molecular complexity index is 561. The fraction of sp³-hybridized carbons (Fsp3) is 0.500. The molecule has 112 valence electrons. The maximum atomic E-state index is 12.4. The molecule has 1 aliphatic heterocycles. The van der Waals surface area contributed by atoms with E-state index in [1.54, 1.807) is 0 Å². The Labute approximate surface area is 114 Å². The van der Waals surface area contributed by atoms with Crippen molar-refractivity contribution >= 4 is 10.0 Å². The number of rotatable bonds is 2. The van der Waals surface area contributed by atoms with Gasteiger partial charge in [-0.15, -0.1) is 0 Å². The number of aliphatic hydroxyl groups is 1. The molecule has 0 spiro atoms. The van der Waals surface area contributed by atoms with Crippen LogP contribution in [0.1, 0.15) is 18.4 Å². The summed E-state index contributed by atoms with van der Waals surface area (Å²) < 4.78 is 62.9. The fourth-order valence-corrected chi connectivity index (χ4v) is 3.52. The number of piperidine rings is 1. The van der Waals surface area contributed by atoms with Crippen molar-refractivity contribution < 1.29 is 26.7 Å². The average Bonchev–Trinajstić information content (AvgIpc) is 2.38. The average molecular weight is 309 g/mol. The fourth-order valence-electron chi connectivity index (χ4n) is 2.05. The molecule has 0 unspecified atom stereocenters. The first-order valence-electron chi connectivity index (χ1n) is 6.07. The molecule has 1 heterocycles. The Morgan fingerprint density at radius 3 is 2.05 bits per heavy atom. The highest BCUT2D eigenvalue weighted by molar-refractivity contribution is 7.89. The number of hydrogen-bond acceptors (Lipinski definition) is 3. The van der Waals surface area contributed by atoms with Gasteiger partial charge in [-0.05, 0) is 37.1 Å². The van der Waals surface area contributed by atoms with Gasteiger partial charge < -0.3 is 5.11 Å². The molecule has 2 rings (SSSR count). The minimum atomic E-state index is -4.49. The molecule has 8 heteroatoms.